The maximum atomic E-state index is 3.33. The number of hydrogen-bond donors (Lipinski definition) is 1. The van der Waals surface area contributed by atoms with Gasteiger partial charge in [-0.1, -0.05) is 11.6 Å². The number of nitrogens with zero attached hydrogens (tertiary/aromatic N) is 1. The second-order valence-corrected chi connectivity index (χ2v) is 5.67. The predicted molar refractivity (Wildman–Crippen MR) is 77.1 cm³/mol. The maximum absolute atomic E-state index is 3.33. The fraction of sp³-hybridized carbons (Fsp3) is 0.500. The highest BCUT2D eigenvalue weighted by Crippen LogP contribution is 2.33. The second-order valence-electron chi connectivity index (χ2n) is 5.67. The molecule has 1 aromatic carbocycles. The Hall–Kier alpha value is -1.28. The summed E-state index contributed by atoms with van der Waals surface area (Å²) in [7, 11) is 4.28. The third-order valence-electron chi connectivity index (χ3n) is 4.37. The van der Waals surface area contributed by atoms with Gasteiger partial charge >= 0.3 is 0 Å². The van der Waals surface area contributed by atoms with Crippen molar-refractivity contribution in [2.24, 2.45) is 13.0 Å². The number of aryl methyl sites for hydroxylation is 2. The van der Waals surface area contributed by atoms with E-state index in [1.807, 2.05) is 0 Å². The smallest absolute Gasteiger partial charge is 0.0482 e. The third kappa shape index (κ3) is 1.76. The minimum absolute atomic E-state index is 0.800. The summed E-state index contributed by atoms with van der Waals surface area (Å²) in [5, 5.41) is 4.81. The molecule has 1 unspecified atom stereocenters. The number of benzene rings is 1. The SMILES string of the molecule is CNCC1CCc2c(c3cc(C)ccc3n2C)C1. The molecule has 1 atom stereocenters. The van der Waals surface area contributed by atoms with Crippen LogP contribution in [0.15, 0.2) is 18.2 Å². The fourth-order valence-electron chi connectivity index (χ4n) is 3.43. The van der Waals surface area contributed by atoms with Crippen molar-refractivity contribution in [1.29, 1.82) is 0 Å². The van der Waals surface area contributed by atoms with Crippen LogP contribution in [0.2, 0.25) is 0 Å². The average Bonchev–Trinajstić information content (AvgIpc) is 2.63. The van der Waals surface area contributed by atoms with E-state index in [2.05, 4.69) is 49.1 Å². The van der Waals surface area contributed by atoms with E-state index in [1.54, 1.807) is 11.3 Å². The minimum Gasteiger partial charge on any atom is -0.347 e. The summed E-state index contributed by atoms with van der Waals surface area (Å²) < 4.78 is 2.40. The van der Waals surface area contributed by atoms with Crippen molar-refractivity contribution in [1.82, 2.24) is 9.88 Å². The molecule has 2 heteroatoms. The lowest BCUT2D eigenvalue weighted by Gasteiger charge is -2.23. The number of hydrogen-bond acceptors (Lipinski definition) is 1. The molecule has 1 aromatic heterocycles. The molecule has 1 aliphatic rings. The van der Waals surface area contributed by atoms with Crippen LogP contribution in [-0.4, -0.2) is 18.2 Å². The topological polar surface area (TPSA) is 17.0 Å². The maximum Gasteiger partial charge on any atom is 0.0482 e. The van der Waals surface area contributed by atoms with Gasteiger partial charge in [0.25, 0.3) is 0 Å². The van der Waals surface area contributed by atoms with Gasteiger partial charge in [-0.05, 0) is 63.4 Å². The van der Waals surface area contributed by atoms with Crippen LogP contribution in [0.25, 0.3) is 10.9 Å². The Balaban J connectivity index is 2.12. The lowest BCUT2D eigenvalue weighted by atomic mass is 9.86. The third-order valence-corrected chi connectivity index (χ3v) is 4.37. The zero-order valence-corrected chi connectivity index (χ0v) is 11.6. The number of rotatable bonds is 2. The molecule has 2 aromatic rings. The largest absolute Gasteiger partial charge is 0.347 e. The number of fused-ring (bicyclic) bond motifs is 3. The Morgan fingerprint density at radius 1 is 1.39 bits per heavy atom. The summed E-state index contributed by atoms with van der Waals surface area (Å²) in [5.41, 5.74) is 5.92. The van der Waals surface area contributed by atoms with Crippen molar-refractivity contribution < 1.29 is 0 Å². The van der Waals surface area contributed by atoms with Gasteiger partial charge in [0.05, 0.1) is 0 Å². The summed E-state index contributed by atoms with van der Waals surface area (Å²) in [5.74, 6) is 0.800. The van der Waals surface area contributed by atoms with Crippen molar-refractivity contribution in [3.63, 3.8) is 0 Å². The molecule has 1 heterocycles. The van der Waals surface area contributed by atoms with E-state index in [1.165, 1.54) is 35.7 Å². The first kappa shape index (κ1) is 11.8. The first-order valence-electron chi connectivity index (χ1n) is 6.92. The molecule has 0 saturated carbocycles. The van der Waals surface area contributed by atoms with Crippen molar-refractivity contribution in [3.05, 3.63) is 35.0 Å². The van der Waals surface area contributed by atoms with Crippen LogP contribution in [0.5, 0.6) is 0 Å². The molecule has 0 amide bonds. The van der Waals surface area contributed by atoms with E-state index >= 15 is 0 Å². The summed E-state index contributed by atoms with van der Waals surface area (Å²) in [6.45, 7) is 3.33. The van der Waals surface area contributed by atoms with Gasteiger partial charge in [-0.2, -0.15) is 0 Å². The highest BCUT2D eigenvalue weighted by atomic mass is 15.0. The minimum atomic E-state index is 0.800. The zero-order valence-electron chi connectivity index (χ0n) is 11.6. The molecule has 2 nitrogen and oxygen atoms in total. The van der Waals surface area contributed by atoms with E-state index in [-0.39, 0.29) is 0 Å². The number of aromatic nitrogens is 1. The van der Waals surface area contributed by atoms with E-state index in [0.717, 1.165) is 12.5 Å². The Morgan fingerprint density at radius 2 is 2.22 bits per heavy atom. The molecule has 96 valence electrons. The predicted octanol–water partition coefficient (Wildman–Crippen LogP) is 2.81. The average molecular weight is 242 g/mol. The van der Waals surface area contributed by atoms with E-state index in [9.17, 15) is 0 Å². The molecule has 0 fully saturated rings. The molecule has 0 spiro atoms. The van der Waals surface area contributed by atoms with Gasteiger partial charge < -0.3 is 9.88 Å². The highest BCUT2D eigenvalue weighted by molar-refractivity contribution is 5.86. The first-order chi connectivity index (χ1) is 8.70. The van der Waals surface area contributed by atoms with Crippen LogP contribution in [0.1, 0.15) is 23.2 Å². The quantitative estimate of drug-likeness (QED) is 0.857. The summed E-state index contributed by atoms with van der Waals surface area (Å²) in [6, 6.07) is 6.85. The zero-order chi connectivity index (χ0) is 12.7. The standard InChI is InChI=1S/C16H22N2/c1-11-4-6-15-13(8-11)14-9-12(10-17-2)5-7-16(14)18(15)3/h4,6,8,12,17H,5,7,9-10H2,1-3H3. The van der Waals surface area contributed by atoms with Crippen LogP contribution >= 0.6 is 0 Å². The van der Waals surface area contributed by atoms with E-state index in [0.29, 0.717) is 0 Å². The first-order valence-corrected chi connectivity index (χ1v) is 6.92. The van der Waals surface area contributed by atoms with Crippen LogP contribution < -0.4 is 5.32 Å². The fourth-order valence-corrected chi connectivity index (χ4v) is 3.43. The summed E-state index contributed by atoms with van der Waals surface area (Å²) in [4.78, 5) is 0. The molecule has 0 radical (unpaired) electrons. The van der Waals surface area contributed by atoms with Gasteiger partial charge in [0.2, 0.25) is 0 Å². The van der Waals surface area contributed by atoms with Crippen molar-refractivity contribution in [2.75, 3.05) is 13.6 Å². The van der Waals surface area contributed by atoms with E-state index in [4.69, 9.17) is 0 Å². The van der Waals surface area contributed by atoms with Crippen LogP contribution in [0, 0.1) is 12.8 Å². The molecule has 18 heavy (non-hydrogen) atoms. The Morgan fingerprint density at radius 3 is 3.00 bits per heavy atom. The molecule has 1 aliphatic carbocycles. The lowest BCUT2D eigenvalue weighted by Crippen LogP contribution is -2.25. The second kappa shape index (κ2) is 4.43. The Bertz CT molecular complexity index is 580. The normalized spacial score (nSPS) is 19.2. The van der Waals surface area contributed by atoms with Crippen LogP contribution in [-0.2, 0) is 19.9 Å². The van der Waals surface area contributed by atoms with Gasteiger partial charge in [-0.15, -0.1) is 0 Å². The molecular weight excluding hydrogens is 220 g/mol. The number of nitrogens with one attached hydrogen (secondary N) is 1. The van der Waals surface area contributed by atoms with Crippen molar-refractivity contribution in [2.45, 2.75) is 26.2 Å². The molecule has 3 rings (SSSR count). The lowest BCUT2D eigenvalue weighted by molar-refractivity contribution is 0.434. The van der Waals surface area contributed by atoms with Gasteiger partial charge in [-0.25, -0.2) is 0 Å². The summed E-state index contributed by atoms with van der Waals surface area (Å²) >= 11 is 0. The highest BCUT2D eigenvalue weighted by Gasteiger charge is 2.23. The molecule has 0 saturated heterocycles. The van der Waals surface area contributed by atoms with Crippen LogP contribution in [0.4, 0.5) is 0 Å². The van der Waals surface area contributed by atoms with Crippen molar-refractivity contribution in [3.8, 4) is 0 Å². The van der Waals surface area contributed by atoms with Gasteiger partial charge in [-0.3, -0.25) is 0 Å². The van der Waals surface area contributed by atoms with Crippen LogP contribution in [0.3, 0.4) is 0 Å². The Kier molecular flexibility index (Phi) is 2.90. The molecule has 0 aliphatic heterocycles. The summed E-state index contributed by atoms with van der Waals surface area (Å²) in [6.07, 6.45) is 3.78. The Labute approximate surface area is 109 Å². The molecule has 0 bridgehead atoms. The van der Waals surface area contributed by atoms with Gasteiger partial charge in [0.1, 0.15) is 0 Å². The monoisotopic (exact) mass is 242 g/mol. The van der Waals surface area contributed by atoms with E-state index < -0.39 is 0 Å². The van der Waals surface area contributed by atoms with Gasteiger partial charge in [0.15, 0.2) is 0 Å². The molecular formula is C16H22N2. The van der Waals surface area contributed by atoms with Gasteiger partial charge in [0, 0.05) is 23.6 Å². The molecule has 1 N–H and O–H groups in total. The van der Waals surface area contributed by atoms with Crippen molar-refractivity contribution >= 4 is 10.9 Å².